The van der Waals surface area contributed by atoms with Crippen molar-refractivity contribution in [2.24, 2.45) is 11.8 Å². The molecule has 6 nitrogen and oxygen atoms in total. The first-order valence-electron chi connectivity index (χ1n) is 13.0. The van der Waals surface area contributed by atoms with Crippen LogP contribution in [0.2, 0.25) is 0 Å². The first-order chi connectivity index (χ1) is 16.2. The predicted molar refractivity (Wildman–Crippen MR) is 130 cm³/mol. The second kappa shape index (κ2) is 9.88. The Balaban J connectivity index is 1.35. The van der Waals surface area contributed by atoms with Crippen molar-refractivity contribution in [2.45, 2.75) is 76.7 Å². The van der Waals surface area contributed by atoms with Crippen LogP contribution >= 0.6 is 0 Å². The molecule has 1 amide bonds. The molecule has 0 radical (unpaired) electrons. The summed E-state index contributed by atoms with van der Waals surface area (Å²) in [6.45, 7) is 7.46. The van der Waals surface area contributed by atoms with Gasteiger partial charge in [0.05, 0.1) is 0 Å². The zero-order chi connectivity index (χ0) is 22.8. The van der Waals surface area contributed by atoms with E-state index in [4.69, 9.17) is 9.97 Å². The molecule has 2 aromatic heterocycles. The van der Waals surface area contributed by atoms with Crippen LogP contribution in [0.1, 0.15) is 82.0 Å². The summed E-state index contributed by atoms with van der Waals surface area (Å²) < 4.78 is 0. The largest absolute Gasteiger partial charge is 0.354 e. The predicted octanol–water partition coefficient (Wildman–Crippen LogP) is 4.54. The van der Waals surface area contributed by atoms with Crippen molar-refractivity contribution in [2.75, 3.05) is 19.6 Å². The van der Waals surface area contributed by atoms with Crippen LogP contribution in [-0.2, 0) is 4.79 Å². The summed E-state index contributed by atoms with van der Waals surface area (Å²) in [4.78, 5) is 29.2. The number of nitrogens with one attached hydrogen (secondary N) is 1. The van der Waals surface area contributed by atoms with Crippen LogP contribution in [0.4, 0.5) is 0 Å². The van der Waals surface area contributed by atoms with E-state index in [0.29, 0.717) is 23.8 Å². The zero-order valence-electron chi connectivity index (χ0n) is 20.0. The molecule has 5 heterocycles. The highest BCUT2D eigenvalue weighted by Crippen LogP contribution is 2.42. The van der Waals surface area contributed by atoms with E-state index in [0.717, 1.165) is 63.1 Å². The summed E-state index contributed by atoms with van der Waals surface area (Å²) in [7, 11) is 0. The molecule has 1 N–H and O–H groups in total. The summed E-state index contributed by atoms with van der Waals surface area (Å²) in [5, 5.41) is 3.25. The second-order valence-corrected chi connectivity index (χ2v) is 10.2. The molecule has 6 rings (SSSR count). The van der Waals surface area contributed by atoms with Crippen molar-refractivity contribution in [3.05, 3.63) is 42.0 Å². The van der Waals surface area contributed by atoms with Gasteiger partial charge in [-0.3, -0.25) is 14.7 Å². The monoisotopic (exact) mass is 447 g/mol. The summed E-state index contributed by atoms with van der Waals surface area (Å²) in [5.41, 5.74) is 3.42. The Morgan fingerprint density at radius 2 is 1.94 bits per heavy atom. The van der Waals surface area contributed by atoms with Crippen molar-refractivity contribution in [3.63, 3.8) is 0 Å². The molecule has 4 fully saturated rings. The summed E-state index contributed by atoms with van der Waals surface area (Å²) in [5.74, 6) is 2.89. The Labute approximate surface area is 197 Å². The quantitative estimate of drug-likeness (QED) is 0.643. The van der Waals surface area contributed by atoms with Gasteiger partial charge < -0.3 is 5.32 Å². The lowest BCUT2D eigenvalue weighted by Crippen LogP contribution is -2.56. The average Bonchev–Trinajstić information content (AvgIpc) is 2.83. The number of fused-ring (bicyclic) bond motifs is 3. The molecule has 0 aromatic carbocycles. The third-order valence-corrected chi connectivity index (χ3v) is 8.35. The number of carbonyl (C=O) groups excluding carboxylic acids is 1. The SMILES string of the molecule is CCC(CC)c1cc([C@H]2CN3CC[C@H]2C[C@@H]3CNC(=O)C2CCC2)nc(-c2ccncc2)n1. The maximum Gasteiger partial charge on any atom is 0.223 e. The minimum Gasteiger partial charge on any atom is -0.354 e. The molecule has 6 heteroatoms. The Kier molecular flexibility index (Phi) is 6.72. The molecule has 4 atom stereocenters. The van der Waals surface area contributed by atoms with E-state index in [-0.39, 0.29) is 11.8 Å². The minimum atomic E-state index is 0.268. The van der Waals surface area contributed by atoms with Crippen LogP contribution in [0.25, 0.3) is 11.4 Å². The Hall–Kier alpha value is -2.34. The highest BCUT2D eigenvalue weighted by Gasteiger charge is 2.42. The van der Waals surface area contributed by atoms with Gasteiger partial charge in [0.2, 0.25) is 5.91 Å². The number of carbonyl (C=O) groups is 1. The van der Waals surface area contributed by atoms with Gasteiger partial charge in [-0.2, -0.15) is 0 Å². The number of amides is 1. The molecule has 0 spiro atoms. The van der Waals surface area contributed by atoms with Crippen LogP contribution in [0.15, 0.2) is 30.6 Å². The molecular weight excluding hydrogens is 410 g/mol. The number of piperidine rings is 3. The van der Waals surface area contributed by atoms with Gasteiger partial charge in [-0.25, -0.2) is 9.97 Å². The van der Waals surface area contributed by atoms with Gasteiger partial charge in [0.15, 0.2) is 5.82 Å². The minimum absolute atomic E-state index is 0.268. The summed E-state index contributed by atoms with van der Waals surface area (Å²) in [6.07, 6.45) is 11.5. The number of pyridine rings is 1. The Bertz CT molecular complexity index is 956. The van der Waals surface area contributed by atoms with Gasteiger partial charge in [-0.15, -0.1) is 0 Å². The third-order valence-electron chi connectivity index (χ3n) is 8.35. The second-order valence-electron chi connectivity index (χ2n) is 10.2. The van der Waals surface area contributed by atoms with Crippen LogP contribution in [-0.4, -0.2) is 51.4 Å². The Morgan fingerprint density at radius 3 is 2.58 bits per heavy atom. The highest BCUT2D eigenvalue weighted by atomic mass is 16.1. The first-order valence-corrected chi connectivity index (χ1v) is 13.0. The maximum absolute atomic E-state index is 12.3. The molecule has 3 aliphatic heterocycles. The van der Waals surface area contributed by atoms with Crippen molar-refractivity contribution < 1.29 is 4.79 Å². The lowest BCUT2D eigenvalue weighted by atomic mass is 9.73. The molecule has 1 saturated carbocycles. The van der Waals surface area contributed by atoms with Crippen LogP contribution in [0, 0.1) is 11.8 Å². The van der Waals surface area contributed by atoms with Crippen molar-refractivity contribution >= 4 is 5.91 Å². The van der Waals surface area contributed by atoms with Crippen LogP contribution in [0.3, 0.4) is 0 Å². The number of aromatic nitrogens is 3. The van der Waals surface area contributed by atoms with E-state index in [1.54, 1.807) is 0 Å². The van der Waals surface area contributed by atoms with E-state index in [9.17, 15) is 4.79 Å². The molecule has 1 unspecified atom stereocenters. The van der Waals surface area contributed by atoms with Gasteiger partial charge in [-0.05, 0) is 69.2 Å². The highest BCUT2D eigenvalue weighted by molar-refractivity contribution is 5.79. The van der Waals surface area contributed by atoms with Gasteiger partial charge in [0, 0.05) is 66.2 Å². The number of nitrogens with zero attached hydrogens (tertiary/aromatic N) is 4. The summed E-state index contributed by atoms with van der Waals surface area (Å²) >= 11 is 0. The van der Waals surface area contributed by atoms with Gasteiger partial charge in [0.1, 0.15) is 0 Å². The summed E-state index contributed by atoms with van der Waals surface area (Å²) in [6, 6.07) is 6.77. The standard InChI is InChI=1S/C27H37N5O/c1-3-18(4-2)24-15-25(31-26(30-24)19-8-11-28-12-9-19)23-17-32-13-10-21(23)14-22(32)16-29-27(33)20-6-5-7-20/h8-9,11-12,15,18,20-23H,3-7,10,13-14,16-17H2,1-2H3,(H,29,33)/t21-,22+,23-/m0/s1. The van der Waals surface area contributed by atoms with Crippen molar-refractivity contribution in [1.29, 1.82) is 0 Å². The average molecular weight is 448 g/mol. The topological polar surface area (TPSA) is 71.0 Å². The number of rotatable bonds is 8. The Morgan fingerprint density at radius 1 is 1.15 bits per heavy atom. The molecular formula is C27H37N5O. The zero-order valence-corrected chi connectivity index (χ0v) is 20.0. The van der Waals surface area contributed by atoms with E-state index < -0.39 is 0 Å². The fourth-order valence-electron chi connectivity index (χ4n) is 5.94. The van der Waals surface area contributed by atoms with E-state index in [1.807, 2.05) is 24.5 Å². The van der Waals surface area contributed by atoms with Crippen molar-refractivity contribution in [1.82, 2.24) is 25.2 Å². The van der Waals surface area contributed by atoms with Crippen molar-refractivity contribution in [3.8, 4) is 11.4 Å². The number of hydrogen-bond acceptors (Lipinski definition) is 5. The first kappa shape index (κ1) is 22.5. The maximum atomic E-state index is 12.3. The fraction of sp³-hybridized carbons (Fsp3) is 0.630. The lowest BCUT2D eigenvalue weighted by Gasteiger charge is -2.50. The van der Waals surface area contributed by atoms with E-state index in [1.165, 1.54) is 24.2 Å². The molecule has 2 bridgehead atoms. The van der Waals surface area contributed by atoms with Crippen LogP contribution < -0.4 is 5.32 Å². The van der Waals surface area contributed by atoms with Crippen LogP contribution in [0.5, 0.6) is 0 Å². The molecule has 33 heavy (non-hydrogen) atoms. The lowest BCUT2D eigenvalue weighted by molar-refractivity contribution is -0.127. The third kappa shape index (κ3) is 4.68. The van der Waals surface area contributed by atoms with Gasteiger partial charge in [-0.1, -0.05) is 20.3 Å². The van der Waals surface area contributed by atoms with Gasteiger partial charge >= 0.3 is 0 Å². The smallest absolute Gasteiger partial charge is 0.223 e. The fourth-order valence-corrected chi connectivity index (χ4v) is 5.94. The molecule has 3 saturated heterocycles. The molecule has 176 valence electrons. The van der Waals surface area contributed by atoms with Gasteiger partial charge in [0.25, 0.3) is 0 Å². The normalized spacial score (nSPS) is 26.9. The van der Waals surface area contributed by atoms with E-state index >= 15 is 0 Å². The van der Waals surface area contributed by atoms with E-state index in [2.05, 4.69) is 35.1 Å². The molecule has 2 aromatic rings. The molecule has 1 aliphatic carbocycles. The number of hydrogen-bond donors (Lipinski definition) is 1. The molecule has 4 aliphatic rings.